The second kappa shape index (κ2) is 9.76. The third-order valence-corrected chi connectivity index (χ3v) is 4.98. The third-order valence-electron chi connectivity index (χ3n) is 4.98. The Morgan fingerprint density at radius 1 is 1.10 bits per heavy atom. The molecule has 0 aliphatic rings. The fraction of sp³-hybridized carbons (Fsp3) is 0.417. The van der Waals surface area contributed by atoms with Crippen molar-refractivity contribution >= 4 is 16.9 Å². The highest BCUT2D eigenvalue weighted by Crippen LogP contribution is 2.24. The summed E-state index contributed by atoms with van der Waals surface area (Å²) in [6, 6.07) is 16.4. The van der Waals surface area contributed by atoms with E-state index in [0.717, 1.165) is 22.6 Å². The summed E-state index contributed by atoms with van der Waals surface area (Å²) in [5.74, 6) is 1.67. The number of hydrogen-bond donors (Lipinski definition) is 1. The van der Waals surface area contributed by atoms with Gasteiger partial charge in [-0.25, -0.2) is 4.98 Å². The van der Waals surface area contributed by atoms with E-state index in [-0.39, 0.29) is 17.9 Å². The van der Waals surface area contributed by atoms with Gasteiger partial charge in [0.2, 0.25) is 5.91 Å². The van der Waals surface area contributed by atoms with E-state index in [2.05, 4.69) is 48.9 Å². The number of nitrogens with zero attached hydrogens (tertiary/aromatic N) is 2. The van der Waals surface area contributed by atoms with E-state index in [9.17, 15) is 4.79 Å². The molecule has 0 radical (unpaired) electrons. The van der Waals surface area contributed by atoms with Gasteiger partial charge in [0.1, 0.15) is 24.8 Å². The lowest BCUT2D eigenvalue weighted by Gasteiger charge is -2.19. The molecule has 3 rings (SSSR count). The number of para-hydroxylation sites is 2. The number of nitrogens with one attached hydrogen (secondary N) is 1. The van der Waals surface area contributed by atoms with Gasteiger partial charge in [-0.2, -0.15) is 0 Å². The SMILES string of the molecule is COCC(=O)NCCc1nc2ccccc2n1CCOc1ccc(C(C)(C)C)cc1. The van der Waals surface area contributed by atoms with Crippen LogP contribution in [0.4, 0.5) is 0 Å². The summed E-state index contributed by atoms with van der Waals surface area (Å²) in [5, 5.41) is 2.85. The monoisotopic (exact) mass is 409 g/mol. The van der Waals surface area contributed by atoms with Crippen LogP contribution in [0.25, 0.3) is 11.0 Å². The molecular weight excluding hydrogens is 378 g/mol. The fourth-order valence-electron chi connectivity index (χ4n) is 3.37. The number of ether oxygens (including phenoxy) is 2. The number of rotatable bonds is 9. The van der Waals surface area contributed by atoms with Crippen LogP contribution in [0.15, 0.2) is 48.5 Å². The van der Waals surface area contributed by atoms with Gasteiger partial charge in [0.05, 0.1) is 17.6 Å². The molecule has 0 aliphatic carbocycles. The van der Waals surface area contributed by atoms with Gasteiger partial charge < -0.3 is 19.4 Å². The maximum absolute atomic E-state index is 11.6. The lowest BCUT2D eigenvalue weighted by Crippen LogP contribution is -2.29. The van der Waals surface area contributed by atoms with Gasteiger partial charge in [-0.1, -0.05) is 45.0 Å². The molecule has 6 heteroatoms. The number of carbonyl (C=O) groups is 1. The molecule has 0 saturated heterocycles. The van der Waals surface area contributed by atoms with E-state index in [4.69, 9.17) is 14.5 Å². The number of hydrogen-bond acceptors (Lipinski definition) is 4. The van der Waals surface area contributed by atoms with Crippen molar-refractivity contribution in [3.8, 4) is 5.75 Å². The summed E-state index contributed by atoms with van der Waals surface area (Å²) >= 11 is 0. The van der Waals surface area contributed by atoms with E-state index >= 15 is 0 Å². The van der Waals surface area contributed by atoms with E-state index < -0.39 is 0 Å². The average Bonchev–Trinajstić information content (AvgIpc) is 3.05. The highest BCUT2D eigenvalue weighted by atomic mass is 16.5. The lowest BCUT2D eigenvalue weighted by atomic mass is 9.87. The molecule has 0 fully saturated rings. The van der Waals surface area contributed by atoms with Crippen molar-refractivity contribution in [3.05, 3.63) is 59.9 Å². The van der Waals surface area contributed by atoms with Gasteiger partial charge in [-0.05, 0) is 35.2 Å². The van der Waals surface area contributed by atoms with Crippen molar-refractivity contribution in [2.24, 2.45) is 0 Å². The molecule has 0 atom stereocenters. The van der Waals surface area contributed by atoms with Crippen LogP contribution in [-0.4, -0.2) is 42.3 Å². The van der Waals surface area contributed by atoms with Crippen LogP contribution in [0.5, 0.6) is 5.75 Å². The second-order valence-corrected chi connectivity index (χ2v) is 8.32. The molecule has 1 heterocycles. The first-order chi connectivity index (χ1) is 14.4. The molecule has 3 aromatic rings. The molecule has 1 aromatic heterocycles. The normalized spacial score (nSPS) is 11.6. The van der Waals surface area contributed by atoms with Crippen LogP contribution in [-0.2, 0) is 27.9 Å². The molecule has 0 aliphatic heterocycles. The number of aromatic nitrogens is 2. The van der Waals surface area contributed by atoms with E-state index in [1.807, 2.05) is 30.3 Å². The van der Waals surface area contributed by atoms with Gasteiger partial charge in [-0.3, -0.25) is 4.79 Å². The smallest absolute Gasteiger partial charge is 0.245 e. The highest BCUT2D eigenvalue weighted by molar-refractivity contribution is 5.77. The Hall–Kier alpha value is -2.86. The number of methoxy groups -OCH3 is 1. The van der Waals surface area contributed by atoms with Gasteiger partial charge >= 0.3 is 0 Å². The first kappa shape index (κ1) is 21.8. The largest absolute Gasteiger partial charge is 0.492 e. The maximum atomic E-state index is 11.6. The Balaban J connectivity index is 1.65. The standard InChI is InChI=1S/C24H31N3O3/c1-24(2,3)18-9-11-19(12-10-18)30-16-15-27-21-8-6-5-7-20(21)26-22(27)13-14-25-23(28)17-29-4/h5-12H,13-17H2,1-4H3,(H,25,28). The first-order valence-electron chi connectivity index (χ1n) is 10.3. The minimum atomic E-state index is -0.123. The maximum Gasteiger partial charge on any atom is 0.245 e. The minimum absolute atomic E-state index is 0.0677. The van der Waals surface area contributed by atoms with Crippen LogP contribution >= 0.6 is 0 Å². The van der Waals surface area contributed by atoms with Crippen LogP contribution < -0.4 is 10.1 Å². The third kappa shape index (κ3) is 5.60. The van der Waals surface area contributed by atoms with E-state index in [1.54, 1.807) is 0 Å². The summed E-state index contributed by atoms with van der Waals surface area (Å²) in [7, 11) is 1.51. The molecule has 1 N–H and O–H groups in total. The molecule has 0 saturated carbocycles. The molecule has 0 unspecified atom stereocenters. The van der Waals surface area contributed by atoms with Gasteiger partial charge in [0.25, 0.3) is 0 Å². The van der Waals surface area contributed by atoms with Crippen LogP contribution in [0, 0.1) is 0 Å². The molecule has 0 bridgehead atoms. The number of benzene rings is 2. The molecular formula is C24H31N3O3. The summed E-state index contributed by atoms with van der Waals surface area (Å²) in [4.78, 5) is 16.4. The van der Waals surface area contributed by atoms with E-state index in [0.29, 0.717) is 26.1 Å². The molecule has 160 valence electrons. The van der Waals surface area contributed by atoms with Gasteiger partial charge in [-0.15, -0.1) is 0 Å². The van der Waals surface area contributed by atoms with Crippen molar-refractivity contribution in [2.45, 2.75) is 39.2 Å². The summed E-state index contributed by atoms with van der Waals surface area (Å²) in [6.45, 7) is 8.41. The zero-order chi connectivity index (χ0) is 21.6. The first-order valence-corrected chi connectivity index (χ1v) is 10.3. The van der Waals surface area contributed by atoms with Crippen LogP contribution in [0.3, 0.4) is 0 Å². The van der Waals surface area contributed by atoms with Gasteiger partial charge in [0, 0.05) is 20.1 Å². The predicted molar refractivity (Wildman–Crippen MR) is 119 cm³/mol. The molecule has 30 heavy (non-hydrogen) atoms. The number of fused-ring (bicyclic) bond motifs is 1. The zero-order valence-corrected chi connectivity index (χ0v) is 18.3. The van der Waals surface area contributed by atoms with Gasteiger partial charge in [0.15, 0.2) is 0 Å². The van der Waals surface area contributed by atoms with Crippen molar-refractivity contribution in [1.82, 2.24) is 14.9 Å². The Kier molecular flexibility index (Phi) is 7.11. The predicted octanol–water partition coefficient (Wildman–Crippen LogP) is 3.72. The Morgan fingerprint density at radius 3 is 2.53 bits per heavy atom. The van der Waals surface area contributed by atoms with Crippen molar-refractivity contribution in [3.63, 3.8) is 0 Å². The molecule has 1 amide bonds. The summed E-state index contributed by atoms with van der Waals surface area (Å²) in [6.07, 6.45) is 0.643. The van der Waals surface area contributed by atoms with Crippen molar-refractivity contribution in [2.75, 3.05) is 26.9 Å². The quantitative estimate of drug-likeness (QED) is 0.585. The topological polar surface area (TPSA) is 65.4 Å². The lowest BCUT2D eigenvalue weighted by molar-refractivity contribution is -0.124. The molecule has 0 spiro atoms. The van der Waals surface area contributed by atoms with Crippen molar-refractivity contribution in [1.29, 1.82) is 0 Å². The summed E-state index contributed by atoms with van der Waals surface area (Å²) < 4.78 is 13.0. The Bertz CT molecular complexity index is 972. The second-order valence-electron chi connectivity index (χ2n) is 8.32. The number of amides is 1. The number of imidazole rings is 1. The zero-order valence-electron chi connectivity index (χ0n) is 18.3. The van der Waals surface area contributed by atoms with Crippen LogP contribution in [0.1, 0.15) is 32.2 Å². The van der Waals surface area contributed by atoms with E-state index in [1.165, 1.54) is 12.7 Å². The number of carbonyl (C=O) groups excluding carboxylic acids is 1. The molecule has 6 nitrogen and oxygen atoms in total. The Labute approximate surface area is 178 Å². The molecule has 2 aromatic carbocycles. The Morgan fingerprint density at radius 2 is 1.83 bits per heavy atom. The minimum Gasteiger partial charge on any atom is -0.492 e. The fourth-order valence-corrected chi connectivity index (χ4v) is 3.37. The highest BCUT2D eigenvalue weighted by Gasteiger charge is 2.14. The summed E-state index contributed by atoms with van der Waals surface area (Å²) in [5.41, 5.74) is 3.43. The average molecular weight is 410 g/mol. The van der Waals surface area contributed by atoms with Crippen molar-refractivity contribution < 1.29 is 14.3 Å². The van der Waals surface area contributed by atoms with Crippen LogP contribution in [0.2, 0.25) is 0 Å².